The average molecular weight is 278 g/mol. The normalized spacial score (nSPS) is 19.4. The molecular formula is C15H26N4O. The number of likely N-dealkylation sites (N-methyl/N-ethyl adjacent to an activating group) is 1. The molecule has 1 fully saturated rings. The maximum absolute atomic E-state index is 6.06. The van der Waals surface area contributed by atoms with Crippen molar-refractivity contribution in [3.8, 4) is 0 Å². The Hall–Kier alpha value is -1.36. The maximum Gasteiger partial charge on any atom is 0.138 e. The lowest BCUT2D eigenvalue weighted by atomic mass is 9.95. The van der Waals surface area contributed by atoms with E-state index in [4.69, 9.17) is 15.5 Å². The highest BCUT2D eigenvalue weighted by molar-refractivity contribution is 5.56. The summed E-state index contributed by atoms with van der Waals surface area (Å²) in [5.41, 5.74) is 6.89. The van der Waals surface area contributed by atoms with Crippen molar-refractivity contribution in [1.29, 1.82) is 0 Å². The summed E-state index contributed by atoms with van der Waals surface area (Å²) in [5.74, 6) is 2.27. The van der Waals surface area contributed by atoms with E-state index in [1.807, 2.05) is 14.0 Å². The molecule has 2 heterocycles. The monoisotopic (exact) mass is 278 g/mol. The molecule has 1 aliphatic rings. The molecule has 1 atom stereocenters. The Labute approximate surface area is 121 Å². The van der Waals surface area contributed by atoms with Crippen LogP contribution in [0.3, 0.4) is 0 Å². The fraction of sp³-hybridized carbons (Fsp3) is 0.733. The van der Waals surface area contributed by atoms with E-state index in [0.29, 0.717) is 11.9 Å². The summed E-state index contributed by atoms with van der Waals surface area (Å²) < 4.78 is 5.70. The second kappa shape index (κ2) is 5.56. The van der Waals surface area contributed by atoms with Crippen molar-refractivity contribution in [2.24, 2.45) is 0 Å². The molecule has 1 aliphatic heterocycles. The number of ether oxygens (including phenoxy) is 1. The van der Waals surface area contributed by atoms with Crippen LogP contribution in [0.25, 0.3) is 0 Å². The van der Waals surface area contributed by atoms with Gasteiger partial charge in [-0.1, -0.05) is 20.8 Å². The third-order valence-electron chi connectivity index (χ3n) is 3.69. The van der Waals surface area contributed by atoms with Gasteiger partial charge in [0.2, 0.25) is 0 Å². The summed E-state index contributed by atoms with van der Waals surface area (Å²) in [6.07, 6.45) is 2.57. The maximum atomic E-state index is 6.06. The van der Waals surface area contributed by atoms with Crippen LogP contribution in [-0.2, 0) is 10.2 Å². The number of nitrogens with two attached hydrogens (primary N) is 1. The van der Waals surface area contributed by atoms with E-state index < -0.39 is 0 Å². The van der Waals surface area contributed by atoms with Crippen molar-refractivity contribution in [1.82, 2.24) is 9.97 Å². The van der Waals surface area contributed by atoms with Crippen LogP contribution in [0.2, 0.25) is 0 Å². The molecule has 0 aromatic carbocycles. The minimum Gasteiger partial charge on any atom is -0.383 e. The van der Waals surface area contributed by atoms with E-state index >= 15 is 0 Å². The lowest BCUT2D eigenvalue weighted by Crippen LogP contribution is -2.31. The molecule has 5 nitrogen and oxygen atoms in total. The Morgan fingerprint density at radius 3 is 2.60 bits per heavy atom. The molecule has 2 rings (SSSR count). The van der Waals surface area contributed by atoms with Crippen molar-refractivity contribution in [2.75, 3.05) is 30.8 Å². The Morgan fingerprint density at radius 1 is 1.35 bits per heavy atom. The molecule has 1 unspecified atom stereocenters. The minimum absolute atomic E-state index is 0.110. The number of nitrogens with zero attached hydrogens (tertiary/aromatic N) is 3. The van der Waals surface area contributed by atoms with Crippen LogP contribution in [0.5, 0.6) is 0 Å². The van der Waals surface area contributed by atoms with E-state index in [0.717, 1.165) is 43.2 Å². The number of hydrogen-bond donors (Lipinski definition) is 1. The van der Waals surface area contributed by atoms with Crippen molar-refractivity contribution in [2.45, 2.75) is 52.1 Å². The third kappa shape index (κ3) is 3.20. The van der Waals surface area contributed by atoms with Gasteiger partial charge in [-0.2, -0.15) is 0 Å². The fourth-order valence-electron chi connectivity index (χ4n) is 2.41. The standard InChI is InChI=1S/C15H26N4O/c1-10-12(16)17-14(15(2,3)4)18-13(10)19(5)9-11-7-6-8-20-11/h11H,6-9H2,1-5H3,(H2,16,17,18). The van der Waals surface area contributed by atoms with E-state index in [9.17, 15) is 0 Å². The van der Waals surface area contributed by atoms with E-state index in [2.05, 4.69) is 30.7 Å². The third-order valence-corrected chi connectivity index (χ3v) is 3.69. The summed E-state index contributed by atoms with van der Waals surface area (Å²) in [4.78, 5) is 11.3. The number of anilines is 2. The van der Waals surface area contributed by atoms with Crippen LogP contribution in [0.1, 0.15) is 45.0 Å². The van der Waals surface area contributed by atoms with Gasteiger partial charge in [-0.25, -0.2) is 9.97 Å². The first-order valence-electron chi connectivity index (χ1n) is 7.26. The first-order chi connectivity index (χ1) is 9.29. The molecular weight excluding hydrogens is 252 g/mol. The number of aromatic nitrogens is 2. The highest BCUT2D eigenvalue weighted by atomic mass is 16.5. The molecule has 0 saturated carbocycles. The molecule has 1 saturated heterocycles. The molecule has 1 aromatic heterocycles. The van der Waals surface area contributed by atoms with E-state index in [1.54, 1.807) is 0 Å². The SMILES string of the molecule is Cc1c(N)nc(C(C)(C)C)nc1N(C)CC1CCCO1. The second-order valence-electron chi connectivity index (χ2n) is 6.65. The summed E-state index contributed by atoms with van der Waals surface area (Å²) in [6, 6.07) is 0. The smallest absolute Gasteiger partial charge is 0.138 e. The summed E-state index contributed by atoms with van der Waals surface area (Å²) in [5, 5.41) is 0. The molecule has 5 heteroatoms. The van der Waals surface area contributed by atoms with Crippen molar-refractivity contribution >= 4 is 11.6 Å². The van der Waals surface area contributed by atoms with Crippen molar-refractivity contribution in [3.05, 3.63) is 11.4 Å². The average Bonchev–Trinajstić information content (AvgIpc) is 2.83. The van der Waals surface area contributed by atoms with Gasteiger partial charge >= 0.3 is 0 Å². The molecule has 2 N–H and O–H groups in total. The van der Waals surface area contributed by atoms with Crippen molar-refractivity contribution < 1.29 is 4.74 Å². The fourth-order valence-corrected chi connectivity index (χ4v) is 2.41. The Balaban J connectivity index is 2.27. The van der Waals surface area contributed by atoms with Gasteiger partial charge in [-0.3, -0.25) is 0 Å². The zero-order valence-electron chi connectivity index (χ0n) is 13.2. The number of rotatable bonds is 3. The Bertz CT molecular complexity index is 475. The zero-order chi connectivity index (χ0) is 14.9. The van der Waals surface area contributed by atoms with Gasteiger partial charge in [0.25, 0.3) is 0 Å². The van der Waals surface area contributed by atoms with Gasteiger partial charge in [0.05, 0.1) is 6.10 Å². The van der Waals surface area contributed by atoms with Gasteiger partial charge in [-0.05, 0) is 19.8 Å². The predicted molar refractivity (Wildman–Crippen MR) is 82.1 cm³/mol. The highest BCUT2D eigenvalue weighted by Gasteiger charge is 2.23. The van der Waals surface area contributed by atoms with E-state index in [-0.39, 0.29) is 5.41 Å². The van der Waals surface area contributed by atoms with Gasteiger partial charge < -0.3 is 15.4 Å². The van der Waals surface area contributed by atoms with E-state index in [1.165, 1.54) is 0 Å². The molecule has 20 heavy (non-hydrogen) atoms. The van der Waals surface area contributed by atoms with Crippen LogP contribution < -0.4 is 10.6 Å². The molecule has 0 amide bonds. The first-order valence-corrected chi connectivity index (χ1v) is 7.26. The van der Waals surface area contributed by atoms with Crippen molar-refractivity contribution in [3.63, 3.8) is 0 Å². The molecule has 0 aliphatic carbocycles. The highest BCUT2D eigenvalue weighted by Crippen LogP contribution is 2.27. The molecule has 0 radical (unpaired) electrons. The van der Waals surface area contributed by atoms with Crippen LogP contribution in [0, 0.1) is 6.92 Å². The quantitative estimate of drug-likeness (QED) is 0.919. The lowest BCUT2D eigenvalue weighted by Gasteiger charge is -2.26. The summed E-state index contributed by atoms with van der Waals surface area (Å²) >= 11 is 0. The molecule has 0 bridgehead atoms. The van der Waals surface area contributed by atoms with Gasteiger partial charge in [0, 0.05) is 31.2 Å². The first kappa shape index (κ1) is 15.0. The number of hydrogen-bond acceptors (Lipinski definition) is 5. The summed E-state index contributed by atoms with van der Waals surface area (Å²) in [7, 11) is 2.04. The molecule has 1 aromatic rings. The van der Waals surface area contributed by atoms with Crippen LogP contribution in [0.4, 0.5) is 11.6 Å². The molecule has 112 valence electrons. The van der Waals surface area contributed by atoms with Gasteiger partial charge in [0.1, 0.15) is 17.5 Å². The Morgan fingerprint density at radius 2 is 2.05 bits per heavy atom. The van der Waals surface area contributed by atoms with Gasteiger partial charge in [-0.15, -0.1) is 0 Å². The van der Waals surface area contributed by atoms with Crippen LogP contribution >= 0.6 is 0 Å². The zero-order valence-corrected chi connectivity index (χ0v) is 13.2. The topological polar surface area (TPSA) is 64.3 Å². The molecule has 0 spiro atoms. The second-order valence-corrected chi connectivity index (χ2v) is 6.65. The number of nitrogen functional groups attached to an aromatic ring is 1. The Kier molecular flexibility index (Phi) is 4.18. The minimum atomic E-state index is -0.110. The largest absolute Gasteiger partial charge is 0.383 e. The van der Waals surface area contributed by atoms with Gasteiger partial charge in [0.15, 0.2) is 0 Å². The van der Waals surface area contributed by atoms with Crippen LogP contribution in [0.15, 0.2) is 0 Å². The van der Waals surface area contributed by atoms with Crippen LogP contribution in [-0.4, -0.2) is 36.3 Å². The lowest BCUT2D eigenvalue weighted by molar-refractivity contribution is 0.116. The predicted octanol–water partition coefficient (Wildman–Crippen LogP) is 2.28. The summed E-state index contributed by atoms with van der Waals surface area (Å²) in [6.45, 7) is 9.99.